The van der Waals surface area contributed by atoms with Gasteiger partial charge in [-0.15, -0.1) is 0 Å². The first-order valence-electron chi connectivity index (χ1n) is 6.56. The van der Waals surface area contributed by atoms with E-state index >= 15 is 0 Å². The highest BCUT2D eigenvalue weighted by molar-refractivity contribution is 9.10. The van der Waals surface area contributed by atoms with Gasteiger partial charge in [-0.2, -0.15) is 0 Å². The lowest BCUT2D eigenvalue weighted by molar-refractivity contribution is 0.111. The molecule has 0 spiro atoms. The summed E-state index contributed by atoms with van der Waals surface area (Å²) in [6.45, 7) is 6.06. The molecule has 0 saturated heterocycles. The molecule has 1 rings (SSSR count). The van der Waals surface area contributed by atoms with E-state index in [-0.39, 0.29) is 16.9 Å². The van der Waals surface area contributed by atoms with E-state index in [1.807, 2.05) is 6.92 Å². The van der Waals surface area contributed by atoms with Crippen LogP contribution >= 0.6 is 27.5 Å². The fraction of sp³-hybridized carbons (Fsp3) is 0.571. The van der Waals surface area contributed by atoms with Crippen molar-refractivity contribution in [1.82, 2.24) is 5.32 Å². The maximum absolute atomic E-state index is 14.2. The minimum Gasteiger partial charge on any atom is -0.379 e. The lowest BCUT2D eigenvalue weighted by atomic mass is 10.1. The van der Waals surface area contributed by atoms with Gasteiger partial charge in [-0.25, -0.2) is 4.39 Å². The molecular weight excluding hydrogens is 333 g/mol. The summed E-state index contributed by atoms with van der Waals surface area (Å²) in [5.41, 5.74) is 0.553. The van der Waals surface area contributed by atoms with Crippen LogP contribution in [0.25, 0.3) is 0 Å². The molecule has 1 aromatic rings. The molecule has 0 aliphatic heterocycles. The predicted octanol–water partition coefficient (Wildman–Crippen LogP) is 4.71. The topological polar surface area (TPSA) is 21.3 Å². The molecule has 1 aromatic carbocycles. The van der Waals surface area contributed by atoms with Crippen molar-refractivity contribution in [1.29, 1.82) is 0 Å². The van der Waals surface area contributed by atoms with Crippen molar-refractivity contribution in [2.45, 2.75) is 32.7 Å². The fourth-order valence-corrected chi connectivity index (χ4v) is 2.21. The molecule has 2 nitrogen and oxygen atoms in total. The number of hydrogen-bond donors (Lipinski definition) is 1. The van der Waals surface area contributed by atoms with Crippen LogP contribution in [0.1, 0.15) is 38.3 Å². The lowest BCUT2D eigenvalue weighted by Crippen LogP contribution is -2.27. The van der Waals surface area contributed by atoms with Gasteiger partial charge in [-0.1, -0.05) is 31.5 Å². The Morgan fingerprint density at radius 2 is 2.11 bits per heavy atom. The van der Waals surface area contributed by atoms with Crippen molar-refractivity contribution in [3.8, 4) is 0 Å². The second-order valence-electron chi connectivity index (χ2n) is 4.35. The lowest BCUT2D eigenvalue weighted by Gasteiger charge is -2.20. The van der Waals surface area contributed by atoms with Crippen LogP contribution < -0.4 is 5.32 Å². The third kappa shape index (κ3) is 5.03. The van der Waals surface area contributed by atoms with Crippen LogP contribution in [0, 0.1) is 5.82 Å². The van der Waals surface area contributed by atoms with E-state index in [1.54, 1.807) is 12.1 Å². The molecule has 0 aliphatic rings. The predicted molar refractivity (Wildman–Crippen MR) is 81.3 cm³/mol. The first kappa shape index (κ1) is 16.9. The summed E-state index contributed by atoms with van der Waals surface area (Å²) >= 11 is 9.15. The van der Waals surface area contributed by atoms with Gasteiger partial charge in [0.05, 0.1) is 17.7 Å². The molecule has 0 aromatic heterocycles. The van der Waals surface area contributed by atoms with Crippen molar-refractivity contribution in [3.63, 3.8) is 0 Å². The van der Waals surface area contributed by atoms with Crippen LogP contribution in [0.2, 0.25) is 5.02 Å². The summed E-state index contributed by atoms with van der Waals surface area (Å²) in [5.74, 6) is -0.384. The van der Waals surface area contributed by atoms with Crippen LogP contribution in [0.4, 0.5) is 4.39 Å². The highest BCUT2D eigenvalue weighted by Crippen LogP contribution is 2.30. The molecule has 0 fully saturated rings. The Morgan fingerprint density at radius 1 is 1.37 bits per heavy atom. The monoisotopic (exact) mass is 351 g/mol. The zero-order valence-corrected chi connectivity index (χ0v) is 13.7. The molecule has 1 atom stereocenters. The van der Waals surface area contributed by atoms with Crippen LogP contribution in [-0.4, -0.2) is 19.8 Å². The van der Waals surface area contributed by atoms with Gasteiger partial charge in [0.2, 0.25) is 0 Å². The average molecular weight is 353 g/mol. The van der Waals surface area contributed by atoms with Gasteiger partial charge in [0, 0.05) is 16.6 Å². The zero-order valence-electron chi connectivity index (χ0n) is 11.3. The normalized spacial score (nSPS) is 12.7. The van der Waals surface area contributed by atoms with Crippen molar-refractivity contribution in [2.24, 2.45) is 0 Å². The van der Waals surface area contributed by atoms with E-state index < -0.39 is 0 Å². The maximum atomic E-state index is 14.2. The first-order valence-corrected chi connectivity index (χ1v) is 7.73. The zero-order chi connectivity index (χ0) is 14.3. The van der Waals surface area contributed by atoms with Gasteiger partial charge in [-0.3, -0.25) is 0 Å². The number of halogens is 3. The van der Waals surface area contributed by atoms with Gasteiger partial charge in [0.1, 0.15) is 5.82 Å². The van der Waals surface area contributed by atoms with Gasteiger partial charge in [0.25, 0.3) is 0 Å². The maximum Gasteiger partial charge on any atom is 0.147 e. The minimum atomic E-state index is -0.384. The fourth-order valence-electron chi connectivity index (χ4n) is 1.73. The van der Waals surface area contributed by atoms with Gasteiger partial charge < -0.3 is 10.1 Å². The van der Waals surface area contributed by atoms with E-state index in [4.69, 9.17) is 16.3 Å². The summed E-state index contributed by atoms with van der Waals surface area (Å²) in [7, 11) is 0. The van der Waals surface area contributed by atoms with Crippen molar-refractivity contribution in [2.75, 3.05) is 19.8 Å². The number of nitrogens with one attached hydrogen (secondary N) is 1. The van der Waals surface area contributed by atoms with E-state index in [0.717, 1.165) is 19.4 Å². The molecule has 0 aliphatic carbocycles. The van der Waals surface area contributed by atoms with Crippen molar-refractivity contribution < 1.29 is 9.13 Å². The van der Waals surface area contributed by atoms with Gasteiger partial charge >= 0.3 is 0 Å². The van der Waals surface area contributed by atoms with E-state index in [1.165, 1.54) is 0 Å². The number of hydrogen-bond acceptors (Lipinski definition) is 2. The summed E-state index contributed by atoms with van der Waals surface area (Å²) in [4.78, 5) is 0. The molecule has 19 heavy (non-hydrogen) atoms. The molecule has 1 N–H and O–H groups in total. The summed E-state index contributed by atoms with van der Waals surface area (Å²) < 4.78 is 20.3. The Bertz CT molecular complexity index is 403. The summed E-state index contributed by atoms with van der Waals surface area (Å²) in [6, 6.07) is 3.34. The Balaban J connectivity index is 2.86. The third-order valence-corrected chi connectivity index (χ3v) is 3.97. The minimum absolute atomic E-state index is 0.122. The van der Waals surface area contributed by atoms with Crippen molar-refractivity contribution in [3.05, 3.63) is 33.0 Å². The van der Waals surface area contributed by atoms with Crippen LogP contribution in [0.5, 0.6) is 0 Å². The average Bonchev–Trinajstić information content (AvgIpc) is 2.41. The SMILES string of the molecule is CCCNC(COCCC)c1ccc(Br)c(Cl)c1F. The molecule has 5 heteroatoms. The Kier molecular flexibility index (Phi) is 7.91. The molecular formula is C14H20BrClFNO. The first-order chi connectivity index (χ1) is 9.11. The molecule has 0 saturated carbocycles. The largest absolute Gasteiger partial charge is 0.379 e. The number of benzene rings is 1. The quantitative estimate of drug-likeness (QED) is 0.540. The highest BCUT2D eigenvalue weighted by Gasteiger charge is 2.18. The third-order valence-electron chi connectivity index (χ3n) is 2.71. The summed E-state index contributed by atoms with van der Waals surface area (Å²) in [6.07, 6.45) is 1.93. The second kappa shape index (κ2) is 8.90. The van der Waals surface area contributed by atoms with Gasteiger partial charge in [0.15, 0.2) is 0 Å². The van der Waals surface area contributed by atoms with Crippen LogP contribution in [0.15, 0.2) is 16.6 Å². The number of rotatable bonds is 8. The standard InChI is InChI=1S/C14H20BrClFNO/c1-3-7-18-12(9-19-8-4-2)10-5-6-11(15)13(16)14(10)17/h5-6,12,18H,3-4,7-9H2,1-2H3. The van der Waals surface area contributed by atoms with Crippen LogP contribution in [-0.2, 0) is 4.74 Å². The van der Waals surface area contributed by atoms with Crippen LogP contribution in [0.3, 0.4) is 0 Å². The highest BCUT2D eigenvalue weighted by atomic mass is 79.9. The molecule has 108 valence electrons. The number of ether oxygens (including phenoxy) is 1. The Morgan fingerprint density at radius 3 is 2.74 bits per heavy atom. The van der Waals surface area contributed by atoms with Gasteiger partial charge in [-0.05, 0) is 41.4 Å². The van der Waals surface area contributed by atoms with E-state index in [9.17, 15) is 4.39 Å². The molecule has 0 amide bonds. The smallest absolute Gasteiger partial charge is 0.147 e. The molecule has 0 radical (unpaired) electrons. The Labute approximate surface area is 127 Å². The summed E-state index contributed by atoms with van der Waals surface area (Å²) in [5, 5.41) is 3.41. The molecule has 0 heterocycles. The van der Waals surface area contributed by atoms with E-state index in [0.29, 0.717) is 23.2 Å². The second-order valence-corrected chi connectivity index (χ2v) is 5.58. The van der Waals surface area contributed by atoms with Crippen molar-refractivity contribution >= 4 is 27.5 Å². The molecule has 0 bridgehead atoms. The molecule has 1 unspecified atom stereocenters. The van der Waals surface area contributed by atoms with E-state index in [2.05, 4.69) is 28.2 Å². The Hall–Kier alpha value is -0.160.